The van der Waals surface area contributed by atoms with Crippen LogP contribution in [0.2, 0.25) is 0 Å². The molecule has 1 unspecified atom stereocenters. The summed E-state index contributed by atoms with van der Waals surface area (Å²) in [7, 11) is 0. The van der Waals surface area contributed by atoms with Gasteiger partial charge in [-0.15, -0.1) is 11.3 Å². The van der Waals surface area contributed by atoms with E-state index in [1.807, 2.05) is 17.0 Å². The van der Waals surface area contributed by atoms with Gasteiger partial charge in [0.1, 0.15) is 4.88 Å². The Bertz CT molecular complexity index is 879. The first-order valence-electron chi connectivity index (χ1n) is 11.5. The van der Waals surface area contributed by atoms with Crippen molar-refractivity contribution in [1.82, 2.24) is 0 Å². The van der Waals surface area contributed by atoms with Crippen LogP contribution in [0.5, 0.6) is 0 Å². The van der Waals surface area contributed by atoms with Crippen LogP contribution in [0.4, 0.5) is 5.69 Å². The van der Waals surface area contributed by atoms with Gasteiger partial charge < -0.3 is 19.8 Å². The fourth-order valence-corrected chi connectivity index (χ4v) is 5.09. The number of benzene rings is 1. The van der Waals surface area contributed by atoms with Gasteiger partial charge in [0, 0.05) is 23.6 Å². The number of rotatable bonds is 13. The van der Waals surface area contributed by atoms with E-state index in [2.05, 4.69) is 19.1 Å². The molecule has 1 amide bonds. The monoisotopic (exact) mass is 459 g/mol. The van der Waals surface area contributed by atoms with Crippen LogP contribution in [0.1, 0.15) is 77.9 Å². The maximum atomic E-state index is 12.6. The largest absolute Gasteiger partial charge is 0.477 e. The molecule has 0 bridgehead atoms. The average Bonchev–Trinajstić information content (AvgIpc) is 3.41. The van der Waals surface area contributed by atoms with Crippen molar-refractivity contribution in [2.75, 3.05) is 18.1 Å². The van der Waals surface area contributed by atoms with Crippen LogP contribution in [0, 0.1) is 0 Å². The number of thiophene rings is 1. The first kappa shape index (κ1) is 24.4. The Hall–Kier alpha value is -2.22. The second-order valence-electron chi connectivity index (χ2n) is 8.34. The molecule has 1 aromatic heterocycles. The minimum Gasteiger partial charge on any atom is -0.477 e. The van der Waals surface area contributed by atoms with Crippen molar-refractivity contribution >= 4 is 28.9 Å². The molecule has 6 nitrogen and oxygen atoms in total. The number of carboxylic acid groups (broad SMARTS) is 1. The van der Waals surface area contributed by atoms with Gasteiger partial charge in [0.15, 0.2) is 0 Å². The molecule has 0 saturated carbocycles. The Morgan fingerprint density at radius 2 is 1.97 bits per heavy atom. The molecule has 2 heterocycles. The molecule has 174 valence electrons. The van der Waals surface area contributed by atoms with E-state index in [4.69, 9.17) is 9.84 Å². The van der Waals surface area contributed by atoms with E-state index in [-0.39, 0.29) is 18.6 Å². The molecule has 0 radical (unpaired) electrons. The summed E-state index contributed by atoms with van der Waals surface area (Å²) < 4.78 is 5.84. The van der Waals surface area contributed by atoms with Crippen LogP contribution in [0.3, 0.4) is 0 Å². The van der Waals surface area contributed by atoms with Gasteiger partial charge in [0.2, 0.25) is 5.91 Å². The van der Waals surface area contributed by atoms with Gasteiger partial charge in [-0.1, -0.05) is 38.3 Å². The lowest BCUT2D eigenvalue weighted by Gasteiger charge is -2.25. The van der Waals surface area contributed by atoms with Crippen molar-refractivity contribution in [3.63, 3.8) is 0 Å². The van der Waals surface area contributed by atoms with Crippen molar-refractivity contribution in [3.8, 4) is 0 Å². The second kappa shape index (κ2) is 12.1. The summed E-state index contributed by atoms with van der Waals surface area (Å²) in [6, 6.07) is 11.5. The number of unbranched alkanes of at least 4 members (excludes halogenated alkanes) is 2. The Balaban J connectivity index is 1.60. The van der Waals surface area contributed by atoms with Crippen molar-refractivity contribution < 1.29 is 24.5 Å². The van der Waals surface area contributed by atoms with Gasteiger partial charge in [-0.05, 0) is 55.0 Å². The highest BCUT2D eigenvalue weighted by atomic mass is 32.1. The SMILES string of the molecule is CCCCCC(CCO)c1ccc(N2C(=O)CC[C@H]2COCc2ccc(C(=O)O)s2)cc1. The molecular formula is C25H33NO5S. The lowest BCUT2D eigenvalue weighted by molar-refractivity contribution is -0.117. The number of amides is 1. The number of anilines is 1. The fourth-order valence-electron chi connectivity index (χ4n) is 4.30. The summed E-state index contributed by atoms with van der Waals surface area (Å²) in [4.78, 5) is 26.6. The fraction of sp³-hybridized carbons (Fsp3) is 0.520. The molecule has 2 aromatic rings. The topological polar surface area (TPSA) is 87.1 Å². The number of carbonyl (C=O) groups is 2. The van der Waals surface area contributed by atoms with Gasteiger partial charge in [0.05, 0.1) is 19.3 Å². The summed E-state index contributed by atoms with van der Waals surface area (Å²) in [5.41, 5.74) is 2.09. The molecule has 2 atom stereocenters. The molecule has 1 saturated heterocycles. The van der Waals surface area contributed by atoms with Crippen molar-refractivity contribution in [2.45, 2.75) is 70.4 Å². The number of aromatic carboxylic acids is 1. The Morgan fingerprint density at radius 3 is 2.62 bits per heavy atom. The molecule has 2 N–H and O–H groups in total. The van der Waals surface area contributed by atoms with E-state index < -0.39 is 5.97 Å². The third-order valence-electron chi connectivity index (χ3n) is 6.03. The first-order chi connectivity index (χ1) is 15.5. The predicted octanol–water partition coefficient (Wildman–Crippen LogP) is 5.20. The van der Waals surface area contributed by atoms with E-state index in [0.29, 0.717) is 30.4 Å². The third-order valence-corrected chi connectivity index (χ3v) is 7.08. The van der Waals surface area contributed by atoms with Crippen LogP contribution in [-0.4, -0.2) is 41.3 Å². The van der Waals surface area contributed by atoms with Gasteiger partial charge in [-0.3, -0.25) is 4.79 Å². The van der Waals surface area contributed by atoms with Gasteiger partial charge >= 0.3 is 5.97 Å². The molecule has 1 fully saturated rings. The van der Waals surface area contributed by atoms with Crippen molar-refractivity contribution in [2.24, 2.45) is 0 Å². The van der Waals surface area contributed by atoms with Crippen LogP contribution >= 0.6 is 11.3 Å². The van der Waals surface area contributed by atoms with Crippen LogP contribution in [0.15, 0.2) is 36.4 Å². The molecule has 1 aliphatic rings. The highest BCUT2D eigenvalue weighted by Crippen LogP contribution is 2.31. The second-order valence-corrected chi connectivity index (χ2v) is 9.51. The zero-order valence-electron chi connectivity index (χ0n) is 18.7. The number of nitrogens with zero attached hydrogens (tertiary/aromatic N) is 1. The average molecular weight is 460 g/mol. The molecule has 3 rings (SSSR count). The zero-order chi connectivity index (χ0) is 22.9. The van der Waals surface area contributed by atoms with Crippen LogP contribution in [-0.2, 0) is 16.1 Å². The molecule has 1 aromatic carbocycles. The lowest BCUT2D eigenvalue weighted by Crippen LogP contribution is -2.36. The van der Waals surface area contributed by atoms with E-state index in [1.165, 1.54) is 29.7 Å². The normalized spacial score (nSPS) is 17.1. The summed E-state index contributed by atoms with van der Waals surface area (Å²) in [6.07, 6.45) is 6.61. The summed E-state index contributed by atoms with van der Waals surface area (Å²) in [5, 5.41) is 18.5. The Kier molecular flexibility index (Phi) is 9.26. The number of carboxylic acids is 1. The predicted molar refractivity (Wildman–Crippen MR) is 126 cm³/mol. The maximum absolute atomic E-state index is 12.6. The third kappa shape index (κ3) is 6.40. The zero-order valence-corrected chi connectivity index (χ0v) is 19.5. The minimum atomic E-state index is -0.927. The smallest absolute Gasteiger partial charge is 0.345 e. The molecular weight excluding hydrogens is 426 g/mol. The van der Waals surface area contributed by atoms with Crippen molar-refractivity contribution in [1.29, 1.82) is 0 Å². The van der Waals surface area contributed by atoms with Crippen LogP contribution in [0.25, 0.3) is 0 Å². The number of ether oxygens (including phenoxy) is 1. The quantitative estimate of drug-likeness (QED) is 0.402. The molecule has 7 heteroatoms. The Morgan fingerprint density at radius 1 is 1.19 bits per heavy atom. The number of aliphatic hydroxyl groups excluding tert-OH is 1. The highest BCUT2D eigenvalue weighted by Gasteiger charge is 2.32. The summed E-state index contributed by atoms with van der Waals surface area (Å²) in [5.74, 6) is -0.482. The molecule has 0 aliphatic carbocycles. The molecule has 0 spiro atoms. The van der Waals surface area contributed by atoms with E-state index in [9.17, 15) is 14.7 Å². The number of aliphatic hydroxyl groups is 1. The van der Waals surface area contributed by atoms with Crippen molar-refractivity contribution in [3.05, 3.63) is 51.7 Å². The minimum absolute atomic E-state index is 0.0231. The lowest BCUT2D eigenvalue weighted by atomic mass is 9.90. The Labute approximate surface area is 193 Å². The van der Waals surface area contributed by atoms with Gasteiger partial charge in [-0.25, -0.2) is 4.79 Å². The van der Waals surface area contributed by atoms with E-state index in [1.54, 1.807) is 12.1 Å². The van der Waals surface area contributed by atoms with Crippen LogP contribution < -0.4 is 4.90 Å². The summed E-state index contributed by atoms with van der Waals surface area (Å²) in [6.45, 7) is 3.13. The molecule has 32 heavy (non-hydrogen) atoms. The standard InChI is InChI=1S/C25H33NO5S/c1-2-3-4-5-18(14-15-27)19-6-8-20(9-7-19)26-21(10-13-24(26)28)16-31-17-22-11-12-23(32-22)25(29)30/h6-9,11-12,18,21,27H,2-5,10,13-17H2,1H3,(H,29,30)/t18?,21-/m0/s1. The molecule has 1 aliphatic heterocycles. The summed E-state index contributed by atoms with van der Waals surface area (Å²) >= 11 is 1.21. The first-order valence-corrected chi connectivity index (χ1v) is 12.3. The van der Waals surface area contributed by atoms with E-state index >= 15 is 0 Å². The van der Waals surface area contributed by atoms with Gasteiger partial charge in [0.25, 0.3) is 0 Å². The number of carbonyl (C=O) groups excluding carboxylic acids is 1. The van der Waals surface area contributed by atoms with E-state index in [0.717, 1.165) is 36.2 Å². The maximum Gasteiger partial charge on any atom is 0.345 e. The number of hydrogen-bond acceptors (Lipinski definition) is 5. The number of hydrogen-bond donors (Lipinski definition) is 2. The van der Waals surface area contributed by atoms with Gasteiger partial charge in [-0.2, -0.15) is 0 Å². The highest BCUT2D eigenvalue weighted by molar-refractivity contribution is 7.13.